The van der Waals surface area contributed by atoms with Crippen molar-refractivity contribution in [3.05, 3.63) is 51.7 Å². The summed E-state index contributed by atoms with van der Waals surface area (Å²) in [4.78, 5) is 19.5. The van der Waals surface area contributed by atoms with Crippen molar-refractivity contribution in [3.8, 4) is 0 Å². The SMILES string of the molecule is O=C(Cc1cccs1)N=C1S[C@@H]2CS(=O)(=O)C[C@@H]2N1c1cccc(Cl)c1. The molecule has 2 atom stereocenters. The van der Waals surface area contributed by atoms with Crippen LogP contribution in [0.4, 0.5) is 5.69 Å². The molecule has 2 aliphatic heterocycles. The zero-order valence-corrected chi connectivity index (χ0v) is 16.7. The standard InChI is InChI=1S/C17H15ClN2O3S3/c18-11-3-1-4-12(7-11)20-14-9-26(22,23)10-15(14)25-17(20)19-16(21)8-13-5-2-6-24-13/h1-7,14-15H,8-10H2/t14-,15+/m0/s1. The first-order valence-corrected chi connectivity index (χ1v) is 11.9. The van der Waals surface area contributed by atoms with Crippen molar-refractivity contribution in [3.63, 3.8) is 0 Å². The fourth-order valence-corrected chi connectivity index (χ4v) is 8.01. The molecule has 2 aliphatic rings. The number of aliphatic imine (C=N–C) groups is 1. The number of anilines is 1. The summed E-state index contributed by atoms with van der Waals surface area (Å²) < 4.78 is 24.1. The normalized spacial score (nSPS) is 25.6. The number of amidine groups is 1. The van der Waals surface area contributed by atoms with Crippen LogP contribution >= 0.6 is 34.7 Å². The van der Waals surface area contributed by atoms with Gasteiger partial charge in [-0.05, 0) is 29.6 Å². The van der Waals surface area contributed by atoms with E-state index in [2.05, 4.69) is 4.99 Å². The Labute approximate surface area is 165 Å². The molecule has 3 heterocycles. The maximum atomic E-state index is 12.4. The number of rotatable bonds is 3. The number of benzene rings is 1. The van der Waals surface area contributed by atoms with Gasteiger partial charge in [-0.3, -0.25) is 4.79 Å². The van der Waals surface area contributed by atoms with E-state index in [0.29, 0.717) is 10.2 Å². The van der Waals surface area contributed by atoms with E-state index in [9.17, 15) is 13.2 Å². The Morgan fingerprint density at radius 3 is 2.85 bits per heavy atom. The van der Waals surface area contributed by atoms with Gasteiger partial charge in [0.25, 0.3) is 5.91 Å². The Kier molecular flexibility index (Phi) is 4.85. The van der Waals surface area contributed by atoms with Crippen molar-refractivity contribution in [2.45, 2.75) is 17.7 Å². The van der Waals surface area contributed by atoms with Crippen LogP contribution in [-0.2, 0) is 21.1 Å². The molecule has 9 heteroatoms. The van der Waals surface area contributed by atoms with Crippen molar-refractivity contribution >= 4 is 61.3 Å². The minimum atomic E-state index is -3.08. The number of carbonyl (C=O) groups excluding carboxylic acids is 1. The smallest absolute Gasteiger partial charge is 0.253 e. The second kappa shape index (κ2) is 6.99. The Hall–Kier alpha value is -1.35. The minimum absolute atomic E-state index is 0.0648. The molecular weight excluding hydrogens is 412 g/mol. The lowest BCUT2D eigenvalue weighted by Gasteiger charge is -2.24. The molecule has 26 heavy (non-hydrogen) atoms. The maximum Gasteiger partial charge on any atom is 0.253 e. The molecule has 0 bridgehead atoms. The van der Waals surface area contributed by atoms with E-state index in [1.54, 1.807) is 12.1 Å². The van der Waals surface area contributed by atoms with Crippen LogP contribution in [0.2, 0.25) is 5.02 Å². The average Bonchev–Trinajstić information content (AvgIpc) is 3.22. The maximum absolute atomic E-state index is 12.4. The predicted molar refractivity (Wildman–Crippen MR) is 108 cm³/mol. The van der Waals surface area contributed by atoms with E-state index in [1.165, 1.54) is 23.1 Å². The third kappa shape index (κ3) is 3.69. The van der Waals surface area contributed by atoms with E-state index >= 15 is 0 Å². The lowest BCUT2D eigenvalue weighted by Crippen LogP contribution is -2.37. The highest BCUT2D eigenvalue weighted by atomic mass is 35.5. The summed E-state index contributed by atoms with van der Waals surface area (Å²) in [6, 6.07) is 10.8. The molecule has 0 aliphatic carbocycles. The molecule has 0 radical (unpaired) electrons. The van der Waals surface area contributed by atoms with Crippen molar-refractivity contribution in [2.24, 2.45) is 4.99 Å². The summed E-state index contributed by atoms with van der Waals surface area (Å²) in [6.07, 6.45) is 0.249. The molecule has 5 nitrogen and oxygen atoms in total. The summed E-state index contributed by atoms with van der Waals surface area (Å²) in [5, 5.41) is 2.92. The van der Waals surface area contributed by atoms with Crippen LogP contribution in [0, 0.1) is 0 Å². The number of thioether (sulfide) groups is 1. The predicted octanol–water partition coefficient (Wildman–Crippen LogP) is 3.25. The molecular formula is C17H15ClN2O3S3. The topological polar surface area (TPSA) is 66.8 Å². The lowest BCUT2D eigenvalue weighted by molar-refractivity contribution is -0.117. The van der Waals surface area contributed by atoms with Crippen molar-refractivity contribution in [2.75, 3.05) is 16.4 Å². The summed E-state index contributed by atoms with van der Waals surface area (Å²) in [5.74, 6) is -0.0582. The molecule has 0 saturated carbocycles. The lowest BCUT2D eigenvalue weighted by atomic mass is 10.2. The Bertz CT molecular complexity index is 973. The number of hydrogen-bond acceptors (Lipinski definition) is 5. The highest BCUT2D eigenvalue weighted by Crippen LogP contribution is 2.41. The number of sulfone groups is 1. The molecule has 0 unspecified atom stereocenters. The molecule has 1 amide bonds. The van der Waals surface area contributed by atoms with Gasteiger partial charge in [-0.2, -0.15) is 4.99 Å². The monoisotopic (exact) mass is 426 g/mol. The number of halogens is 1. The van der Waals surface area contributed by atoms with Crippen LogP contribution in [0.5, 0.6) is 0 Å². The highest BCUT2D eigenvalue weighted by molar-refractivity contribution is 8.16. The zero-order chi connectivity index (χ0) is 18.3. The van der Waals surface area contributed by atoms with Gasteiger partial charge in [-0.15, -0.1) is 11.3 Å². The number of nitrogens with zero attached hydrogens (tertiary/aromatic N) is 2. The molecule has 2 aromatic rings. The summed E-state index contributed by atoms with van der Waals surface area (Å²) in [5.41, 5.74) is 0.761. The molecule has 136 valence electrons. The van der Waals surface area contributed by atoms with E-state index in [1.807, 2.05) is 34.5 Å². The van der Waals surface area contributed by atoms with E-state index in [-0.39, 0.29) is 35.1 Å². The van der Waals surface area contributed by atoms with Crippen LogP contribution < -0.4 is 4.90 Å². The molecule has 2 fully saturated rings. The summed E-state index contributed by atoms with van der Waals surface area (Å²) in [7, 11) is -3.08. The number of thiophene rings is 1. The van der Waals surface area contributed by atoms with Crippen molar-refractivity contribution in [1.29, 1.82) is 0 Å². The van der Waals surface area contributed by atoms with E-state index in [4.69, 9.17) is 11.6 Å². The molecule has 2 saturated heterocycles. The van der Waals surface area contributed by atoms with Crippen LogP contribution in [0.3, 0.4) is 0 Å². The zero-order valence-electron chi connectivity index (χ0n) is 13.5. The first kappa shape index (κ1) is 18.0. The second-order valence-electron chi connectivity index (χ2n) is 6.19. The van der Waals surface area contributed by atoms with E-state index in [0.717, 1.165) is 10.6 Å². The number of hydrogen-bond donors (Lipinski definition) is 0. The largest absolute Gasteiger partial charge is 0.316 e. The van der Waals surface area contributed by atoms with Crippen LogP contribution in [0.25, 0.3) is 0 Å². The molecule has 0 N–H and O–H groups in total. The third-order valence-electron chi connectivity index (χ3n) is 4.28. The average molecular weight is 427 g/mol. The van der Waals surface area contributed by atoms with Gasteiger partial charge >= 0.3 is 0 Å². The van der Waals surface area contributed by atoms with Gasteiger partial charge in [0.05, 0.1) is 24.0 Å². The summed E-state index contributed by atoms with van der Waals surface area (Å²) >= 11 is 9.00. The Balaban J connectivity index is 1.67. The molecule has 4 rings (SSSR count). The van der Waals surface area contributed by atoms with Crippen molar-refractivity contribution < 1.29 is 13.2 Å². The van der Waals surface area contributed by atoms with Gasteiger partial charge in [0.1, 0.15) is 0 Å². The van der Waals surface area contributed by atoms with Gasteiger partial charge in [0.15, 0.2) is 15.0 Å². The van der Waals surface area contributed by atoms with Crippen molar-refractivity contribution in [1.82, 2.24) is 0 Å². The quantitative estimate of drug-likeness (QED) is 0.753. The second-order valence-corrected chi connectivity index (χ2v) is 11.0. The first-order valence-electron chi connectivity index (χ1n) is 7.97. The van der Waals surface area contributed by atoms with E-state index < -0.39 is 9.84 Å². The van der Waals surface area contributed by atoms with Crippen LogP contribution in [0.15, 0.2) is 46.8 Å². The fraction of sp³-hybridized carbons (Fsp3) is 0.294. The minimum Gasteiger partial charge on any atom is -0.316 e. The van der Waals surface area contributed by atoms with Gasteiger partial charge in [-0.1, -0.05) is 35.5 Å². The van der Waals surface area contributed by atoms with Gasteiger partial charge in [0, 0.05) is 20.8 Å². The molecule has 0 spiro atoms. The van der Waals surface area contributed by atoms with Crippen LogP contribution in [0.1, 0.15) is 4.88 Å². The van der Waals surface area contributed by atoms with Gasteiger partial charge < -0.3 is 4.90 Å². The third-order valence-corrected chi connectivity index (χ3v) is 8.60. The number of amides is 1. The Morgan fingerprint density at radius 1 is 1.27 bits per heavy atom. The number of carbonyl (C=O) groups is 1. The highest BCUT2D eigenvalue weighted by Gasteiger charge is 2.49. The summed E-state index contributed by atoms with van der Waals surface area (Å²) in [6.45, 7) is 0. The van der Waals surface area contributed by atoms with Gasteiger partial charge in [-0.25, -0.2) is 8.42 Å². The number of fused-ring (bicyclic) bond motifs is 1. The van der Waals surface area contributed by atoms with Crippen LogP contribution in [-0.4, -0.2) is 42.3 Å². The van der Waals surface area contributed by atoms with Gasteiger partial charge in [0.2, 0.25) is 0 Å². The first-order chi connectivity index (χ1) is 12.4. The molecule has 1 aromatic heterocycles. The Morgan fingerprint density at radius 2 is 2.12 bits per heavy atom. The fourth-order valence-electron chi connectivity index (χ4n) is 3.20. The molecule has 1 aromatic carbocycles.